The minimum Gasteiger partial charge on any atom is -0.484 e. The number of benzene rings is 1. The third kappa shape index (κ3) is 2.29. The molecule has 2 heterocycles. The van der Waals surface area contributed by atoms with E-state index in [-0.39, 0.29) is 18.2 Å². The fourth-order valence-corrected chi connectivity index (χ4v) is 1.94. The van der Waals surface area contributed by atoms with Crippen molar-refractivity contribution in [3.8, 4) is 5.75 Å². The molecule has 3 rings (SSSR count). The fourth-order valence-electron chi connectivity index (χ4n) is 1.94. The van der Waals surface area contributed by atoms with Gasteiger partial charge in [-0.2, -0.15) is 0 Å². The Balaban J connectivity index is 1.80. The highest BCUT2D eigenvalue weighted by Crippen LogP contribution is 2.20. The highest BCUT2D eigenvalue weighted by molar-refractivity contribution is 5.39. The number of nitrogens with zero attached hydrogens (tertiary/aromatic N) is 2. The maximum atomic E-state index is 13.8. The van der Waals surface area contributed by atoms with Gasteiger partial charge in [-0.1, -0.05) is 18.2 Å². The summed E-state index contributed by atoms with van der Waals surface area (Å²) in [5, 5.41) is 0. The summed E-state index contributed by atoms with van der Waals surface area (Å²) in [6.07, 6.45) is 3.79. The average Bonchev–Trinajstić information content (AvgIpc) is 2.83. The number of aromatic nitrogens is 2. The van der Waals surface area contributed by atoms with Crippen molar-refractivity contribution in [2.75, 3.05) is 0 Å². The number of fused-ring (bicyclic) bond motifs is 1. The predicted molar refractivity (Wildman–Crippen MR) is 70.7 cm³/mol. The molecule has 1 aromatic carbocycles. The number of hydrogen-bond acceptors (Lipinski definition) is 2. The van der Waals surface area contributed by atoms with E-state index in [0.29, 0.717) is 5.56 Å². The molecular weight excluding hydrogens is 243 g/mol. The average molecular weight is 256 g/mol. The Morgan fingerprint density at radius 1 is 1.21 bits per heavy atom. The Morgan fingerprint density at radius 2 is 2.11 bits per heavy atom. The quantitative estimate of drug-likeness (QED) is 0.718. The molecule has 0 aliphatic heterocycles. The summed E-state index contributed by atoms with van der Waals surface area (Å²) >= 11 is 0. The summed E-state index contributed by atoms with van der Waals surface area (Å²) in [6.45, 7) is 1.97. The highest BCUT2D eigenvalue weighted by Gasteiger charge is 2.07. The van der Waals surface area contributed by atoms with Gasteiger partial charge in [0.2, 0.25) is 0 Å². The molecule has 3 aromatic rings. The first kappa shape index (κ1) is 11.7. The van der Waals surface area contributed by atoms with Crippen molar-refractivity contribution >= 4 is 5.65 Å². The van der Waals surface area contributed by atoms with Crippen molar-refractivity contribution in [1.82, 2.24) is 9.38 Å². The van der Waals surface area contributed by atoms with Gasteiger partial charge in [-0.25, -0.2) is 9.37 Å². The Labute approximate surface area is 110 Å². The first-order valence-corrected chi connectivity index (χ1v) is 6.04. The summed E-state index contributed by atoms with van der Waals surface area (Å²) in [5.74, 6) is -0.0525. The van der Waals surface area contributed by atoms with Crippen LogP contribution in [-0.4, -0.2) is 9.38 Å². The molecule has 0 spiro atoms. The van der Waals surface area contributed by atoms with Crippen LogP contribution in [0.2, 0.25) is 0 Å². The van der Waals surface area contributed by atoms with E-state index in [4.69, 9.17) is 4.74 Å². The van der Waals surface area contributed by atoms with E-state index in [1.807, 2.05) is 35.0 Å². The second-order valence-corrected chi connectivity index (χ2v) is 4.37. The third-order valence-electron chi connectivity index (χ3n) is 2.95. The number of aryl methyl sites for hydroxylation is 1. The van der Waals surface area contributed by atoms with Gasteiger partial charge < -0.3 is 9.14 Å². The SMILES string of the molecule is Cc1cccc(OCc2cn3ccccc3n2)c1F. The molecule has 0 radical (unpaired) electrons. The van der Waals surface area contributed by atoms with Crippen LogP contribution in [0.5, 0.6) is 5.75 Å². The molecule has 2 aromatic heterocycles. The van der Waals surface area contributed by atoms with Crippen molar-refractivity contribution in [2.45, 2.75) is 13.5 Å². The van der Waals surface area contributed by atoms with Crippen molar-refractivity contribution in [3.05, 3.63) is 65.9 Å². The summed E-state index contributed by atoms with van der Waals surface area (Å²) in [7, 11) is 0. The summed E-state index contributed by atoms with van der Waals surface area (Å²) in [4.78, 5) is 4.40. The lowest BCUT2D eigenvalue weighted by Gasteiger charge is -2.06. The van der Waals surface area contributed by atoms with E-state index in [1.54, 1.807) is 25.1 Å². The van der Waals surface area contributed by atoms with Crippen LogP contribution in [0.3, 0.4) is 0 Å². The number of hydrogen-bond donors (Lipinski definition) is 0. The van der Waals surface area contributed by atoms with Gasteiger partial charge in [0, 0.05) is 12.4 Å². The smallest absolute Gasteiger partial charge is 0.167 e. The second-order valence-electron chi connectivity index (χ2n) is 4.37. The van der Waals surface area contributed by atoms with Gasteiger partial charge in [0.05, 0.1) is 5.69 Å². The molecule has 0 aliphatic carbocycles. The summed E-state index contributed by atoms with van der Waals surface area (Å²) < 4.78 is 21.1. The number of pyridine rings is 1. The van der Waals surface area contributed by atoms with Crippen molar-refractivity contribution in [2.24, 2.45) is 0 Å². The van der Waals surface area contributed by atoms with E-state index < -0.39 is 0 Å². The fraction of sp³-hybridized carbons (Fsp3) is 0.133. The lowest BCUT2D eigenvalue weighted by Crippen LogP contribution is -1.98. The van der Waals surface area contributed by atoms with Gasteiger partial charge in [0.25, 0.3) is 0 Å². The lowest BCUT2D eigenvalue weighted by molar-refractivity contribution is 0.286. The third-order valence-corrected chi connectivity index (χ3v) is 2.95. The van der Waals surface area contributed by atoms with Gasteiger partial charge in [0.15, 0.2) is 11.6 Å². The van der Waals surface area contributed by atoms with Crippen molar-refractivity contribution in [1.29, 1.82) is 0 Å². The maximum Gasteiger partial charge on any atom is 0.167 e. The molecule has 0 saturated carbocycles. The normalized spacial score (nSPS) is 10.8. The van der Waals surface area contributed by atoms with E-state index >= 15 is 0 Å². The van der Waals surface area contributed by atoms with Crippen molar-refractivity contribution in [3.63, 3.8) is 0 Å². The van der Waals surface area contributed by atoms with Gasteiger partial charge in [0.1, 0.15) is 12.3 Å². The van der Waals surface area contributed by atoms with Crippen LogP contribution in [0.25, 0.3) is 5.65 Å². The molecule has 0 aliphatic rings. The minimum atomic E-state index is -0.314. The standard InChI is InChI=1S/C15H13FN2O/c1-11-5-4-6-13(15(11)16)19-10-12-9-18-8-3-2-7-14(18)17-12/h2-9H,10H2,1H3. The van der Waals surface area contributed by atoms with Crippen LogP contribution < -0.4 is 4.74 Å². The molecule has 0 unspecified atom stereocenters. The number of imidazole rings is 1. The molecule has 19 heavy (non-hydrogen) atoms. The van der Waals surface area contributed by atoms with Gasteiger partial charge in [-0.3, -0.25) is 0 Å². The largest absolute Gasteiger partial charge is 0.484 e. The molecular formula is C15H13FN2O. The molecule has 0 bridgehead atoms. The second kappa shape index (κ2) is 4.72. The topological polar surface area (TPSA) is 26.5 Å². The zero-order valence-corrected chi connectivity index (χ0v) is 10.5. The Morgan fingerprint density at radius 3 is 2.95 bits per heavy atom. The molecule has 0 atom stereocenters. The molecule has 0 fully saturated rings. The summed E-state index contributed by atoms with van der Waals surface area (Å²) in [5.41, 5.74) is 2.20. The molecule has 0 amide bonds. The van der Waals surface area contributed by atoms with Crippen LogP contribution in [0.1, 0.15) is 11.3 Å². The maximum absolute atomic E-state index is 13.8. The van der Waals surface area contributed by atoms with E-state index in [0.717, 1.165) is 11.3 Å². The van der Waals surface area contributed by atoms with Gasteiger partial charge in [-0.05, 0) is 30.7 Å². The van der Waals surface area contributed by atoms with Gasteiger partial charge >= 0.3 is 0 Å². The predicted octanol–water partition coefficient (Wildman–Crippen LogP) is 3.36. The van der Waals surface area contributed by atoms with Gasteiger partial charge in [-0.15, -0.1) is 0 Å². The molecule has 96 valence electrons. The Kier molecular flexibility index (Phi) is 2.91. The first-order chi connectivity index (χ1) is 9.24. The molecule has 3 nitrogen and oxygen atoms in total. The number of ether oxygens (including phenoxy) is 1. The van der Waals surface area contributed by atoms with Crippen molar-refractivity contribution < 1.29 is 9.13 Å². The van der Waals surface area contributed by atoms with E-state index in [9.17, 15) is 4.39 Å². The number of rotatable bonds is 3. The molecule has 4 heteroatoms. The zero-order chi connectivity index (χ0) is 13.2. The number of halogens is 1. The molecule has 0 N–H and O–H groups in total. The van der Waals surface area contributed by atoms with E-state index in [2.05, 4.69) is 4.98 Å². The van der Waals surface area contributed by atoms with Crippen LogP contribution in [0, 0.1) is 12.7 Å². The highest BCUT2D eigenvalue weighted by atomic mass is 19.1. The molecule has 0 saturated heterocycles. The van der Waals surface area contributed by atoms with Crippen LogP contribution >= 0.6 is 0 Å². The monoisotopic (exact) mass is 256 g/mol. The first-order valence-electron chi connectivity index (χ1n) is 6.04. The van der Waals surface area contributed by atoms with E-state index in [1.165, 1.54) is 0 Å². The lowest BCUT2D eigenvalue weighted by atomic mass is 10.2. The van der Waals surface area contributed by atoms with Crippen LogP contribution in [-0.2, 0) is 6.61 Å². The summed E-state index contributed by atoms with van der Waals surface area (Å²) in [6, 6.07) is 10.9. The van der Waals surface area contributed by atoms with Crippen LogP contribution in [0.4, 0.5) is 4.39 Å². The minimum absolute atomic E-state index is 0.252. The zero-order valence-electron chi connectivity index (χ0n) is 10.5. The Hall–Kier alpha value is -2.36. The Bertz CT molecular complexity index is 688. The van der Waals surface area contributed by atoms with Crippen LogP contribution in [0.15, 0.2) is 48.8 Å².